The first-order valence-corrected chi connectivity index (χ1v) is 24.2. The highest BCUT2D eigenvalue weighted by molar-refractivity contribution is 6.10. The first-order valence-electron chi connectivity index (χ1n) is 24.2. The summed E-state index contributed by atoms with van der Waals surface area (Å²) in [6.45, 7) is 0. The number of aromatic nitrogens is 6. The van der Waals surface area contributed by atoms with Crippen molar-refractivity contribution < 1.29 is 4.74 Å². The molecule has 2 spiro atoms. The zero-order chi connectivity index (χ0) is 46.2. The number of pyridine rings is 4. The van der Waals surface area contributed by atoms with Crippen LogP contribution in [0.25, 0.3) is 88.9 Å². The van der Waals surface area contributed by atoms with Crippen LogP contribution in [0.15, 0.2) is 219 Å². The zero-order valence-corrected chi connectivity index (χ0v) is 37.9. The predicted octanol–water partition coefficient (Wildman–Crippen LogP) is 14.3. The number of hydrogen-bond donors (Lipinski definition) is 0. The highest BCUT2D eigenvalue weighted by Gasteiger charge is 2.57. The number of rotatable bonds is 2. The molecular weight excluding hydrogens is 869 g/mol. The molecule has 0 saturated carbocycles. The first kappa shape index (κ1) is 37.5. The molecule has 1 aliphatic heterocycles. The van der Waals surface area contributed by atoms with E-state index in [0.717, 1.165) is 112 Å². The van der Waals surface area contributed by atoms with Gasteiger partial charge in [-0.1, -0.05) is 127 Å². The van der Waals surface area contributed by atoms with E-state index in [2.05, 4.69) is 203 Å². The molecule has 6 aromatic heterocycles. The van der Waals surface area contributed by atoms with E-state index in [1.807, 2.05) is 24.8 Å². The van der Waals surface area contributed by atoms with Gasteiger partial charge in [0.05, 0.1) is 79.4 Å². The fraction of sp³-hybridized carbons (Fsp3) is 0.0312. The van der Waals surface area contributed by atoms with E-state index in [4.69, 9.17) is 24.7 Å². The molecule has 0 atom stereocenters. The van der Waals surface area contributed by atoms with Crippen LogP contribution in [0.1, 0.15) is 44.5 Å². The van der Waals surface area contributed by atoms with Crippen LogP contribution >= 0.6 is 0 Å². The van der Waals surface area contributed by atoms with Crippen LogP contribution in [0.3, 0.4) is 0 Å². The van der Waals surface area contributed by atoms with Crippen LogP contribution in [-0.2, 0) is 10.8 Å². The topological polar surface area (TPSA) is 70.7 Å². The maximum atomic E-state index is 7.35. The van der Waals surface area contributed by atoms with Gasteiger partial charge in [-0.2, -0.15) is 0 Å². The number of ether oxygens (including phenoxy) is 1. The van der Waals surface area contributed by atoms with Gasteiger partial charge >= 0.3 is 0 Å². The van der Waals surface area contributed by atoms with Crippen molar-refractivity contribution in [3.05, 3.63) is 263 Å². The molecule has 0 saturated heterocycles. The van der Waals surface area contributed by atoms with Gasteiger partial charge in [-0.25, -0.2) is 0 Å². The molecule has 13 aromatic rings. The van der Waals surface area contributed by atoms with Crippen LogP contribution < -0.4 is 4.74 Å². The minimum Gasteiger partial charge on any atom is -0.457 e. The SMILES string of the molecule is c1ccc2c(c1)Oc1cc3c(cc1C21c2cc(-n4c5ccccc5c5ccccc54)cnc2-c2ncc(-n4c5ccccc5c5ccccc54)cc21)-c1ccccc1C31c2cccnc2-c2ncccc21. The molecule has 328 valence electrons. The van der Waals surface area contributed by atoms with E-state index < -0.39 is 10.8 Å². The third kappa shape index (κ3) is 4.42. The van der Waals surface area contributed by atoms with Gasteiger partial charge in [0.25, 0.3) is 0 Å². The normalized spacial score (nSPS) is 14.5. The molecule has 4 aliphatic rings. The fourth-order valence-electron chi connectivity index (χ4n) is 13.6. The van der Waals surface area contributed by atoms with E-state index in [-0.39, 0.29) is 0 Å². The highest BCUT2D eigenvalue weighted by Crippen LogP contribution is 2.67. The van der Waals surface area contributed by atoms with E-state index in [0.29, 0.717) is 0 Å². The molecule has 7 heteroatoms. The number of nitrogens with zero attached hydrogens (tertiary/aromatic N) is 6. The first-order chi connectivity index (χ1) is 35.2. The average Bonchev–Trinajstić information content (AvgIpc) is 4.20. The predicted molar refractivity (Wildman–Crippen MR) is 280 cm³/mol. The minimum absolute atomic E-state index is 0.663. The molecule has 3 aliphatic carbocycles. The summed E-state index contributed by atoms with van der Waals surface area (Å²) in [7, 11) is 0. The van der Waals surface area contributed by atoms with Crippen molar-refractivity contribution in [1.82, 2.24) is 29.1 Å². The Hall–Kier alpha value is -9.46. The zero-order valence-electron chi connectivity index (χ0n) is 37.9. The Morgan fingerprint density at radius 1 is 0.310 bits per heavy atom. The van der Waals surface area contributed by atoms with Gasteiger partial charge in [0.2, 0.25) is 0 Å². The molecule has 71 heavy (non-hydrogen) atoms. The molecule has 0 amide bonds. The van der Waals surface area contributed by atoms with Gasteiger partial charge in [0.1, 0.15) is 11.5 Å². The second-order valence-electron chi connectivity index (χ2n) is 19.3. The van der Waals surface area contributed by atoms with Crippen molar-refractivity contribution in [2.75, 3.05) is 0 Å². The second kappa shape index (κ2) is 13.2. The molecule has 0 bridgehead atoms. The van der Waals surface area contributed by atoms with Gasteiger partial charge in [-0.05, 0) is 100 Å². The number of fused-ring (bicyclic) bond motifs is 25. The van der Waals surface area contributed by atoms with E-state index in [9.17, 15) is 0 Å². The van der Waals surface area contributed by atoms with Crippen LogP contribution in [-0.4, -0.2) is 29.1 Å². The number of benzene rings is 7. The quantitative estimate of drug-likeness (QED) is 0.173. The highest BCUT2D eigenvalue weighted by atomic mass is 16.5. The van der Waals surface area contributed by atoms with Crippen LogP contribution in [0, 0.1) is 0 Å². The summed E-state index contributed by atoms with van der Waals surface area (Å²) in [5, 5.41) is 4.79. The van der Waals surface area contributed by atoms with Gasteiger partial charge in [-0.3, -0.25) is 19.9 Å². The Morgan fingerprint density at radius 2 is 0.746 bits per heavy atom. The van der Waals surface area contributed by atoms with E-state index in [1.54, 1.807) is 0 Å². The van der Waals surface area contributed by atoms with Crippen LogP contribution in [0.5, 0.6) is 11.5 Å². The summed E-state index contributed by atoms with van der Waals surface area (Å²) in [6, 6.07) is 70.4. The number of hydrogen-bond acceptors (Lipinski definition) is 5. The van der Waals surface area contributed by atoms with E-state index in [1.165, 1.54) is 32.7 Å². The Morgan fingerprint density at radius 3 is 1.30 bits per heavy atom. The molecule has 7 heterocycles. The Labute approximate surface area is 406 Å². The lowest BCUT2D eigenvalue weighted by atomic mass is 9.65. The standard InChI is InChI=1S/C64H36N6O/c1-6-20-45-39(15-1)44-33-50-58(34-49(44)63(45)47-22-13-29-65-59(47)60-48(63)23-14-30-66-60)71-57-28-12-7-21-46(57)64(50)51-31-37(69-53-24-8-2-16-40(53)41-17-3-9-25-54(41)69)35-67-61(51)62-52(64)32-38(36-68-62)70-55-26-10-4-18-42(55)43-19-5-11-27-56(43)70/h1-36H. The minimum atomic E-state index is -0.924. The average molecular weight is 905 g/mol. The lowest BCUT2D eigenvalue weighted by Gasteiger charge is -2.40. The molecule has 0 fully saturated rings. The largest absolute Gasteiger partial charge is 0.457 e. The summed E-state index contributed by atoms with van der Waals surface area (Å²) >= 11 is 0. The lowest BCUT2D eigenvalue weighted by molar-refractivity contribution is 0.435. The Bertz CT molecular complexity index is 4220. The van der Waals surface area contributed by atoms with Gasteiger partial charge < -0.3 is 13.9 Å². The van der Waals surface area contributed by atoms with Crippen molar-refractivity contribution in [1.29, 1.82) is 0 Å². The third-order valence-electron chi connectivity index (χ3n) is 16.2. The van der Waals surface area contributed by atoms with Gasteiger partial charge in [0.15, 0.2) is 0 Å². The van der Waals surface area contributed by atoms with Crippen LogP contribution in [0.4, 0.5) is 0 Å². The molecule has 17 rings (SSSR count). The summed E-state index contributed by atoms with van der Waals surface area (Å²) in [5.41, 5.74) is 19.6. The lowest BCUT2D eigenvalue weighted by Crippen LogP contribution is -2.33. The van der Waals surface area contributed by atoms with Crippen molar-refractivity contribution >= 4 is 43.6 Å². The molecule has 0 N–H and O–H groups in total. The maximum absolute atomic E-state index is 7.35. The van der Waals surface area contributed by atoms with Crippen molar-refractivity contribution in [2.45, 2.75) is 10.8 Å². The summed E-state index contributed by atoms with van der Waals surface area (Å²) < 4.78 is 12.1. The summed E-state index contributed by atoms with van der Waals surface area (Å²) in [6.07, 6.45) is 7.84. The van der Waals surface area contributed by atoms with Gasteiger partial charge in [0, 0.05) is 56.2 Å². The van der Waals surface area contributed by atoms with Crippen molar-refractivity contribution in [3.63, 3.8) is 0 Å². The third-order valence-corrected chi connectivity index (χ3v) is 16.2. The van der Waals surface area contributed by atoms with Gasteiger partial charge in [-0.15, -0.1) is 0 Å². The summed E-state index contributed by atoms with van der Waals surface area (Å²) in [5.74, 6) is 1.59. The summed E-state index contributed by atoms with van der Waals surface area (Å²) in [4.78, 5) is 21.1. The van der Waals surface area contributed by atoms with Crippen molar-refractivity contribution in [2.24, 2.45) is 0 Å². The monoisotopic (exact) mass is 904 g/mol. The second-order valence-corrected chi connectivity index (χ2v) is 19.3. The number of para-hydroxylation sites is 5. The molecular formula is C64H36N6O. The molecule has 0 unspecified atom stereocenters. The fourth-order valence-corrected chi connectivity index (χ4v) is 13.6. The molecule has 7 nitrogen and oxygen atoms in total. The molecule has 0 radical (unpaired) electrons. The Balaban J connectivity index is 1.01. The van der Waals surface area contributed by atoms with Crippen LogP contribution in [0.2, 0.25) is 0 Å². The Kier molecular flexibility index (Phi) is 6.97. The molecule has 7 aromatic carbocycles. The van der Waals surface area contributed by atoms with E-state index >= 15 is 0 Å². The smallest absolute Gasteiger partial charge is 0.132 e. The van der Waals surface area contributed by atoms with Crippen molar-refractivity contribution in [3.8, 4) is 56.8 Å². The maximum Gasteiger partial charge on any atom is 0.132 e.